The van der Waals surface area contributed by atoms with Gasteiger partial charge in [0.2, 0.25) is 0 Å². The van der Waals surface area contributed by atoms with E-state index in [9.17, 15) is 0 Å². The normalized spacial score (nSPS) is 15.3. The van der Waals surface area contributed by atoms with Gasteiger partial charge in [0, 0.05) is 31.9 Å². The summed E-state index contributed by atoms with van der Waals surface area (Å²) in [5.41, 5.74) is 6.43. The predicted octanol–water partition coefficient (Wildman–Crippen LogP) is 4.55. The number of piperazine rings is 1. The van der Waals surface area contributed by atoms with Gasteiger partial charge in [0.25, 0.3) is 0 Å². The Bertz CT molecular complexity index is 876. The number of fused-ring (bicyclic) bond motifs is 1. The van der Waals surface area contributed by atoms with Crippen LogP contribution in [0.2, 0.25) is 0 Å². The van der Waals surface area contributed by atoms with E-state index in [4.69, 9.17) is 4.98 Å². The summed E-state index contributed by atoms with van der Waals surface area (Å²) in [5, 5.41) is 1.17. The molecule has 4 rings (SSSR count). The van der Waals surface area contributed by atoms with Crippen LogP contribution in [0, 0.1) is 20.8 Å². The molecule has 0 amide bonds. The zero-order chi connectivity index (χ0) is 16.7. The third-order valence-corrected chi connectivity index (χ3v) is 5.80. The summed E-state index contributed by atoms with van der Waals surface area (Å²) < 4.78 is 1.31. The molecule has 0 radical (unpaired) electrons. The first-order valence-electron chi connectivity index (χ1n) is 8.54. The molecule has 0 unspecified atom stereocenters. The second-order valence-electron chi connectivity index (χ2n) is 6.74. The van der Waals surface area contributed by atoms with Crippen LogP contribution in [0.25, 0.3) is 10.2 Å². The number of nitrogens with zero attached hydrogens (tertiary/aromatic N) is 3. The molecule has 0 atom stereocenters. The second-order valence-corrected chi connectivity index (χ2v) is 7.75. The Morgan fingerprint density at radius 2 is 1.62 bits per heavy atom. The van der Waals surface area contributed by atoms with E-state index in [-0.39, 0.29) is 0 Å². The molecule has 3 nitrogen and oxygen atoms in total. The lowest BCUT2D eigenvalue weighted by atomic mass is 10.1. The molecule has 2 aromatic carbocycles. The highest BCUT2D eigenvalue weighted by molar-refractivity contribution is 7.22. The molecule has 0 spiro atoms. The fourth-order valence-corrected chi connectivity index (χ4v) is 4.67. The van der Waals surface area contributed by atoms with E-state index in [1.807, 2.05) is 11.3 Å². The van der Waals surface area contributed by atoms with Crippen LogP contribution in [-0.2, 0) is 0 Å². The number of hydrogen-bond donors (Lipinski definition) is 0. The molecule has 124 valence electrons. The van der Waals surface area contributed by atoms with Gasteiger partial charge in [0.05, 0.1) is 10.2 Å². The fourth-order valence-electron chi connectivity index (χ4n) is 3.47. The van der Waals surface area contributed by atoms with Crippen LogP contribution in [0.1, 0.15) is 16.7 Å². The van der Waals surface area contributed by atoms with Crippen LogP contribution in [-0.4, -0.2) is 31.2 Å². The average molecular weight is 337 g/mol. The molecule has 0 bridgehead atoms. The van der Waals surface area contributed by atoms with Gasteiger partial charge < -0.3 is 9.80 Å². The maximum atomic E-state index is 4.91. The maximum Gasteiger partial charge on any atom is 0.186 e. The second kappa shape index (κ2) is 6.10. The van der Waals surface area contributed by atoms with Gasteiger partial charge in [-0.05, 0) is 55.7 Å². The van der Waals surface area contributed by atoms with Crippen molar-refractivity contribution in [3.8, 4) is 0 Å². The highest BCUT2D eigenvalue weighted by Gasteiger charge is 2.20. The topological polar surface area (TPSA) is 19.4 Å². The lowest BCUT2D eigenvalue weighted by Gasteiger charge is -2.36. The molecule has 1 aliphatic heterocycles. The Kier molecular flexibility index (Phi) is 3.93. The Morgan fingerprint density at radius 3 is 2.38 bits per heavy atom. The summed E-state index contributed by atoms with van der Waals surface area (Å²) >= 11 is 1.83. The Hall–Kier alpha value is -2.07. The van der Waals surface area contributed by atoms with Gasteiger partial charge in [-0.1, -0.05) is 29.5 Å². The summed E-state index contributed by atoms with van der Waals surface area (Å²) in [6, 6.07) is 13.3. The van der Waals surface area contributed by atoms with Crippen LogP contribution in [0.5, 0.6) is 0 Å². The van der Waals surface area contributed by atoms with E-state index in [1.165, 1.54) is 37.7 Å². The quantitative estimate of drug-likeness (QED) is 0.684. The SMILES string of the molecule is Cc1cccc(N2CCN(c3nc4c(C)cc(C)cc4s3)CC2)c1. The van der Waals surface area contributed by atoms with E-state index < -0.39 is 0 Å². The maximum absolute atomic E-state index is 4.91. The molecule has 1 aliphatic rings. The smallest absolute Gasteiger partial charge is 0.186 e. The molecule has 1 fully saturated rings. The molecule has 1 aromatic heterocycles. The molecular weight excluding hydrogens is 314 g/mol. The minimum Gasteiger partial charge on any atom is -0.368 e. The lowest BCUT2D eigenvalue weighted by Crippen LogP contribution is -2.46. The molecular formula is C20H23N3S. The fraction of sp³-hybridized carbons (Fsp3) is 0.350. The molecule has 4 heteroatoms. The number of anilines is 2. The monoisotopic (exact) mass is 337 g/mol. The standard InChI is InChI=1S/C20H23N3S/c1-14-5-4-6-17(12-14)22-7-9-23(10-8-22)20-21-19-16(3)11-15(2)13-18(19)24-20/h4-6,11-13H,7-10H2,1-3H3. The Balaban J connectivity index is 1.52. The van der Waals surface area contributed by atoms with E-state index in [1.54, 1.807) is 0 Å². The van der Waals surface area contributed by atoms with Crippen LogP contribution < -0.4 is 9.80 Å². The summed E-state index contributed by atoms with van der Waals surface area (Å²) in [5.74, 6) is 0. The third-order valence-electron chi connectivity index (χ3n) is 4.74. The third kappa shape index (κ3) is 2.86. The number of benzene rings is 2. The van der Waals surface area contributed by atoms with Gasteiger partial charge in [-0.2, -0.15) is 0 Å². The minimum atomic E-state index is 1.03. The highest BCUT2D eigenvalue weighted by atomic mass is 32.1. The molecule has 2 heterocycles. The first-order chi connectivity index (χ1) is 11.6. The van der Waals surface area contributed by atoms with Crippen molar-refractivity contribution in [2.24, 2.45) is 0 Å². The van der Waals surface area contributed by atoms with Gasteiger partial charge in [-0.25, -0.2) is 4.98 Å². The molecule has 24 heavy (non-hydrogen) atoms. The van der Waals surface area contributed by atoms with Gasteiger partial charge in [-0.3, -0.25) is 0 Å². The van der Waals surface area contributed by atoms with Crippen molar-refractivity contribution >= 4 is 32.4 Å². The summed E-state index contributed by atoms with van der Waals surface area (Å²) in [4.78, 5) is 9.83. The Morgan fingerprint density at radius 1 is 0.875 bits per heavy atom. The number of rotatable bonds is 2. The highest BCUT2D eigenvalue weighted by Crippen LogP contribution is 2.32. The van der Waals surface area contributed by atoms with Crippen molar-refractivity contribution < 1.29 is 0 Å². The van der Waals surface area contributed by atoms with Crippen LogP contribution in [0.3, 0.4) is 0 Å². The van der Waals surface area contributed by atoms with Crippen LogP contribution >= 0.6 is 11.3 Å². The first-order valence-corrected chi connectivity index (χ1v) is 9.36. The van der Waals surface area contributed by atoms with Crippen molar-refractivity contribution in [2.45, 2.75) is 20.8 Å². The van der Waals surface area contributed by atoms with E-state index >= 15 is 0 Å². The molecule has 0 saturated carbocycles. The summed E-state index contributed by atoms with van der Waals surface area (Å²) in [6.45, 7) is 10.7. The van der Waals surface area contributed by atoms with Crippen molar-refractivity contribution in [1.29, 1.82) is 0 Å². The Labute approximate surface area is 147 Å². The number of aryl methyl sites for hydroxylation is 3. The number of aromatic nitrogens is 1. The molecule has 0 N–H and O–H groups in total. The van der Waals surface area contributed by atoms with E-state index in [0.29, 0.717) is 0 Å². The van der Waals surface area contributed by atoms with Crippen molar-refractivity contribution in [3.05, 3.63) is 53.1 Å². The number of thiazole rings is 1. The van der Waals surface area contributed by atoms with Gasteiger partial charge in [-0.15, -0.1) is 0 Å². The lowest BCUT2D eigenvalue weighted by molar-refractivity contribution is 0.652. The largest absolute Gasteiger partial charge is 0.368 e. The summed E-state index contributed by atoms with van der Waals surface area (Å²) in [6.07, 6.45) is 0. The zero-order valence-corrected chi connectivity index (χ0v) is 15.4. The average Bonchev–Trinajstić information content (AvgIpc) is 2.99. The van der Waals surface area contributed by atoms with Gasteiger partial charge >= 0.3 is 0 Å². The molecule has 1 saturated heterocycles. The molecule has 0 aliphatic carbocycles. The zero-order valence-electron chi connectivity index (χ0n) is 14.5. The minimum absolute atomic E-state index is 1.03. The molecule has 3 aromatic rings. The van der Waals surface area contributed by atoms with Crippen molar-refractivity contribution in [1.82, 2.24) is 4.98 Å². The van der Waals surface area contributed by atoms with Crippen LogP contribution in [0.4, 0.5) is 10.8 Å². The van der Waals surface area contributed by atoms with Crippen molar-refractivity contribution in [2.75, 3.05) is 36.0 Å². The van der Waals surface area contributed by atoms with Crippen molar-refractivity contribution in [3.63, 3.8) is 0 Å². The van der Waals surface area contributed by atoms with E-state index in [2.05, 4.69) is 67.0 Å². The van der Waals surface area contributed by atoms with Gasteiger partial charge in [0.15, 0.2) is 5.13 Å². The van der Waals surface area contributed by atoms with E-state index in [0.717, 1.165) is 26.2 Å². The van der Waals surface area contributed by atoms with Gasteiger partial charge in [0.1, 0.15) is 0 Å². The predicted molar refractivity (Wildman–Crippen MR) is 105 cm³/mol. The first kappa shape index (κ1) is 15.5. The number of hydrogen-bond acceptors (Lipinski definition) is 4. The summed E-state index contributed by atoms with van der Waals surface area (Å²) in [7, 11) is 0. The van der Waals surface area contributed by atoms with Crippen LogP contribution in [0.15, 0.2) is 36.4 Å².